The van der Waals surface area contributed by atoms with E-state index in [1.54, 1.807) is 41.1 Å². The molecule has 2 fully saturated rings. The van der Waals surface area contributed by atoms with E-state index in [4.69, 9.17) is 4.74 Å². The summed E-state index contributed by atoms with van der Waals surface area (Å²) in [4.78, 5) is 78.0. The molecule has 12 heteroatoms. The minimum atomic E-state index is -0.677. The number of aromatic nitrogens is 1. The zero-order valence-electron chi connectivity index (χ0n) is 28.1. The number of rotatable bonds is 7. The Labute approximate surface area is 289 Å². The van der Waals surface area contributed by atoms with E-state index in [0.717, 1.165) is 34.7 Å². The van der Waals surface area contributed by atoms with Gasteiger partial charge in [0.2, 0.25) is 11.8 Å². The highest BCUT2D eigenvalue weighted by molar-refractivity contribution is 7.13. The third kappa shape index (κ3) is 6.00. The second-order valence-corrected chi connectivity index (χ2v) is 14.6. The predicted octanol–water partition coefficient (Wildman–Crippen LogP) is 4.33. The van der Waals surface area contributed by atoms with Gasteiger partial charge in [-0.05, 0) is 56.9 Å². The maximum absolute atomic E-state index is 14.6. The molecule has 2 unspecified atom stereocenters. The van der Waals surface area contributed by atoms with E-state index in [-0.39, 0.29) is 30.4 Å². The van der Waals surface area contributed by atoms with E-state index in [1.165, 1.54) is 16.2 Å². The summed E-state index contributed by atoms with van der Waals surface area (Å²) in [6.07, 6.45) is 3.87. The lowest BCUT2D eigenvalue weighted by molar-refractivity contribution is -0.146. The summed E-state index contributed by atoms with van der Waals surface area (Å²) in [6, 6.07) is 11.9. The number of thiazole rings is 1. The zero-order valence-corrected chi connectivity index (χ0v) is 28.9. The summed E-state index contributed by atoms with van der Waals surface area (Å²) in [5.41, 5.74) is 3.17. The monoisotopic (exact) mass is 683 g/mol. The van der Waals surface area contributed by atoms with Crippen molar-refractivity contribution in [3.05, 3.63) is 80.3 Å². The normalized spacial score (nSPS) is 23.4. The molecule has 2 aromatic carbocycles. The lowest BCUT2D eigenvalue weighted by Crippen LogP contribution is -2.51. The number of likely N-dealkylation sites (tertiary alicyclic amines) is 1. The molecule has 4 aliphatic rings. The van der Waals surface area contributed by atoms with Crippen molar-refractivity contribution < 1.29 is 28.7 Å². The van der Waals surface area contributed by atoms with Gasteiger partial charge < -0.3 is 19.9 Å². The van der Waals surface area contributed by atoms with Crippen LogP contribution < -0.4 is 10.1 Å². The van der Waals surface area contributed by atoms with Crippen molar-refractivity contribution in [2.24, 2.45) is 11.8 Å². The first-order valence-corrected chi connectivity index (χ1v) is 18.0. The number of amides is 5. The number of carbonyl (C=O) groups is 5. The third-order valence-corrected chi connectivity index (χ3v) is 11.6. The molecule has 3 aliphatic heterocycles. The van der Waals surface area contributed by atoms with Crippen molar-refractivity contribution >= 4 is 40.9 Å². The van der Waals surface area contributed by atoms with Crippen LogP contribution in [0.1, 0.15) is 90.4 Å². The molecule has 4 atom stereocenters. The molecule has 1 aromatic heterocycles. The van der Waals surface area contributed by atoms with Gasteiger partial charge in [-0.2, -0.15) is 0 Å². The van der Waals surface area contributed by atoms with Crippen LogP contribution in [0.25, 0.3) is 0 Å². The molecule has 1 saturated carbocycles. The van der Waals surface area contributed by atoms with Gasteiger partial charge in [0.1, 0.15) is 16.7 Å². The molecular weight excluding hydrogens is 643 g/mol. The van der Waals surface area contributed by atoms with Crippen LogP contribution in [0.4, 0.5) is 0 Å². The molecule has 0 spiro atoms. The molecule has 11 nitrogen and oxygen atoms in total. The second kappa shape index (κ2) is 13.4. The number of nitrogens with one attached hydrogen (secondary N) is 1. The average molecular weight is 684 g/mol. The van der Waals surface area contributed by atoms with Gasteiger partial charge in [-0.3, -0.25) is 28.9 Å². The minimum Gasteiger partial charge on any atom is -0.488 e. The van der Waals surface area contributed by atoms with E-state index >= 15 is 0 Å². The van der Waals surface area contributed by atoms with Crippen LogP contribution in [0.15, 0.2) is 42.5 Å². The van der Waals surface area contributed by atoms with Crippen molar-refractivity contribution in [3.8, 4) is 5.75 Å². The SMILES string of the molecule is CNC(=O)[C@@H]1CCCCC1C(=O)N1CCc2cccc(OC3CCN(C(=O)c4sc(C)nc4C)C3)c2[C@H]1CN1C(=O)c2ccccc2C1=O. The lowest BCUT2D eigenvalue weighted by Gasteiger charge is -2.43. The number of carbonyl (C=O) groups excluding carboxylic acids is 5. The highest BCUT2D eigenvalue weighted by Gasteiger charge is 2.45. The predicted molar refractivity (Wildman–Crippen MR) is 182 cm³/mol. The third-order valence-electron chi connectivity index (χ3n) is 10.5. The number of ether oxygens (including phenoxy) is 1. The Balaban J connectivity index is 1.21. The molecule has 256 valence electrons. The first-order valence-electron chi connectivity index (χ1n) is 17.1. The second-order valence-electron chi connectivity index (χ2n) is 13.4. The number of hydrogen-bond acceptors (Lipinski definition) is 8. The van der Waals surface area contributed by atoms with Crippen LogP contribution in [0.5, 0.6) is 5.75 Å². The standard InChI is InChI=1S/C37H41N5O6S/c1-21-32(49-22(2)39-21)37(47)40-17-16-24(19-40)48-30-14-8-9-23-15-18-41(34(44)26-11-5-4-10-25(26)33(43)38-3)29(31(23)30)20-42-35(45)27-12-6-7-13-28(27)36(42)46/h6-9,12-14,24-26,29H,4-5,10-11,15-20H2,1-3H3,(H,38,43)/t24?,25-,26?,29-/m1/s1. The number of fused-ring (bicyclic) bond motifs is 2. The highest BCUT2D eigenvalue weighted by Crippen LogP contribution is 2.42. The van der Waals surface area contributed by atoms with Crippen molar-refractivity contribution in [2.75, 3.05) is 33.2 Å². The largest absolute Gasteiger partial charge is 0.488 e. The van der Waals surface area contributed by atoms with E-state index in [9.17, 15) is 24.0 Å². The molecule has 1 N–H and O–H groups in total. The van der Waals surface area contributed by atoms with E-state index in [1.807, 2.05) is 32.0 Å². The number of aryl methyl sites for hydroxylation is 2. The van der Waals surface area contributed by atoms with Crippen LogP contribution in [0.3, 0.4) is 0 Å². The van der Waals surface area contributed by atoms with Crippen molar-refractivity contribution in [2.45, 2.75) is 64.5 Å². The Morgan fingerprint density at radius 1 is 0.939 bits per heavy atom. The molecule has 5 amide bonds. The van der Waals surface area contributed by atoms with Gasteiger partial charge in [-0.1, -0.05) is 37.1 Å². The van der Waals surface area contributed by atoms with Crippen LogP contribution in [-0.4, -0.2) is 88.6 Å². The number of benzene rings is 2. The van der Waals surface area contributed by atoms with Crippen LogP contribution in [-0.2, 0) is 16.0 Å². The Morgan fingerprint density at radius 2 is 1.65 bits per heavy atom. The number of hydrogen-bond donors (Lipinski definition) is 1. The van der Waals surface area contributed by atoms with Crippen molar-refractivity contribution in [1.29, 1.82) is 0 Å². The average Bonchev–Trinajstić information content (AvgIpc) is 3.79. The summed E-state index contributed by atoms with van der Waals surface area (Å²) < 4.78 is 6.69. The quantitative estimate of drug-likeness (QED) is 0.367. The minimum absolute atomic E-state index is 0.0396. The Bertz CT molecular complexity index is 1800. The van der Waals surface area contributed by atoms with Crippen LogP contribution >= 0.6 is 11.3 Å². The van der Waals surface area contributed by atoms with Crippen LogP contribution in [0, 0.1) is 25.7 Å². The fourth-order valence-electron chi connectivity index (χ4n) is 8.07. The van der Waals surface area contributed by atoms with Gasteiger partial charge in [0.15, 0.2) is 0 Å². The van der Waals surface area contributed by atoms with Gasteiger partial charge >= 0.3 is 0 Å². The van der Waals surface area contributed by atoms with Gasteiger partial charge in [0, 0.05) is 44.0 Å². The summed E-state index contributed by atoms with van der Waals surface area (Å²) in [7, 11) is 1.60. The van der Waals surface area contributed by atoms with Crippen molar-refractivity contribution in [3.63, 3.8) is 0 Å². The molecule has 1 aliphatic carbocycles. The van der Waals surface area contributed by atoms with E-state index in [0.29, 0.717) is 67.1 Å². The summed E-state index contributed by atoms with van der Waals surface area (Å²) in [6.45, 7) is 5.04. The molecule has 49 heavy (non-hydrogen) atoms. The molecule has 3 aromatic rings. The fourth-order valence-corrected chi connectivity index (χ4v) is 8.96. The topological polar surface area (TPSA) is 129 Å². The van der Waals surface area contributed by atoms with Gasteiger partial charge in [0.25, 0.3) is 17.7 Å². The molecule has 4 heterocycles. The number of imide groups is 1. The van der Waals surface area contributed by atoms with E-state index < -0.39 is 29.7 Å². The smallest absolute Gasteiger partial charge is 0.265 e. The molecule has 0 radical (unpaired) electrons. The first kappa shape index (κ1) is 32.9. The van der Waals surface area contributed by atoms with Crippen molar-refractivity contribution in [1.82, 2.24) is 25.0 Å². The molecule has 1 saturated heterocycles. The molecular formula is C37H41N5O6S. The van der Waals surface area contributed by atoms with E-state index in [2.05, 4.69) is 10.3 Å². The summed E-state index contributed by atoms with van der Waals surface area (Å²) >= 11 is 1.40. The number of nitrogens with zero attached hydrogens (tertiary/aromatic N) is 4. The zero-order chi connectivity index (χ0) is 34.4. The van der Waals surface area contributed by atoms with Gasteiger partial charge in [-0.25, -0.2) is 4.98 Å². The fraction of sp³-hybridized carbons (Fsp3) is 0.459. The van der Waals surface area contributed by atoms with Gasteiger partial charge in [0.05, 0.1) is 41.0 Å². The maximum Gasteiger partial charge on any atom is 0.265 e. The van der Waals surface area contributed by atoms with Crippen LogP contribution in [0.2, 0.25) is 0 Å². The highest BCUT2D eigenvalue weighted by atomic mass is 32.1. The Hall–Kier alpha value is -4.58. The molecule has 7 rings (SSSR count). The summed E-state index contributed by atoms with van der Waals surface area (Å²) in [5.74, 6) is -1.47. The van der Waals surface area contributed by atoms with Gasteiger partial charge in [-0.15, -0.1) is 11.3 Å². The lowest BCUT2D eigenvalue weighted by atomic mass is 9.77. The first-order chi connectivity index (χ1) is 23.7. The maximum atomic E-state index is 14.6. The summed E-state index contributed by atoms with van der Waals surface area (Å²) in [5, 5.41) is 3.60. The Kier molecular flexibility index (Phi) is 8.99. The molecule has 0 bridgehead atoms. The Morgan fingerprint density at radius 3 is 2.33 bits per heavy atom.